The topological polar surface area (TPSA) is 78.8 Å². The molecule has 0 unspecified atom stereocenters. The van der Waals surface area contributed by atoms with Gasteiger partial charge in [0, 0.05) is 50.8 Å². The SMILES string of the molecule is CCc1nccc(CN2C[C@H]3COC[C@@H]2CN(CC(=O)O)C3)n1. The Kier molecular flexibility index (Phi) is 5.20. The first-order chi connectivity index (χ1) is 11.1. The van der Waals surface area contributed by atoms with Crippen molar-refractivity contribution in [3.8, 4) is 0 Å². The molecule has 23 heavy (non-hydrogen) atoms. The summed E-state index contributed by atoms with van der Waals surface area (Å²) in [7, 11) is 0. The van der Waals surface area contributed by atoms with E-state index in [-0.39, 0.29) is 12.6 Å². The standard InChI is InChI=1S/C16H24N4O3/c1-2-15-17-4-3-13(18-15)7-20-6-12-5-19(9-16(21)22)8-14(20)11-23-10-12/h3-4,12,14H,2,5-11H2,1H3,(H,21,22)/t12-,14-/m0/s1. The van der Waals surface area contributed by atoms with E-state index in [2.05, 4.69) is 21.8 Å². The maximum atomic E-state index is 11.0. The van der Waals surface area contributed by atoms with Gasteiger partial charge in [-0.3, -0.25) is 14.6 Å². The Balaban J connectivity index is 1.73. The lowest BCUT2D eigenvalue weighted by Crippen LogP contribution is -2.45. The van der Waals surface area contributed by atoms with E-state index in [4.69, 9.17) is 9.84 Å². The lowest BCUT2D eigenvalue weighted by atomic mass is 10.1. The monoisotopic (exact) mass is 320 g/mol. The van der Waals surface area contributed by atoms with Crippen LogP contribution >= 0.6 is 0 Å². The van der Waals surface area contributed by atoms with Crippen molar-refractivity contribution in [3.63, 3.8) is 0 Å². The zero-order valence-corrected chi connectivity index (χ0v) is 13.5. The second-order valence-electron chi connectivity index (χ2n) is 6.39. The number of carbonyl (C=O) groups is 1. The molecule has 126 valence electrons. The van der Waals surface area contributed by atoms with Crippen LogP contribution in [0.5, 0.6) is 0 Å². The van der Waals surface area contributed by atoms with Gasteiger partial charge in [0.1, 0.15) is 5.82 Å². The molecule has 0 aromatic carbocycles. The number of carboxylic acids is 1. The van der Waals surface area contributed by atoms with Crippen molar-refractivity contribution < 1.29 is 14.6 Å². The minimum Gasteiger partial charge on any atom is -0.480 e. The van der Waals surface area contributed by atoms with Crippen LogP contribution < -0.4 is 0 Å². The molecule has 3 heterocycles. The molecule has 0 aliphatic carbocycles. The minimum absolute atomic E-state index is 0.105. The highest BCUT2D eigenvalue weighted by atomic mass is 16.5. The van der Waals surface area contributed by atoms with Crippen molar-refractivity contribution in [2.24, 2.45) is 5.92 Å². The number of nitrogens with zero attached hydrogens (tertiary/aromatic N) is 4. The average molecular weight is 320 g/mol. The summed E-state index contributed by atoms with van der Waals surface area (Å²) in [5, 5.41) is 9.08. The molecule has 7 nitrogen and oxygen atoms in total. The normalized spacial score (nSPS) is 26.0. The number of ether oxygens (including phenoxy) is 1. The van der Waals surface area contributed by atoms with E-state index in [1.54, 1.807) is 0 Å². The highest BCUT2D eigenvalue weighted by molar-refractivity contribution is 5.69. The molecule has 7 heteroatoms. The van der Waals surface area contributed by atoms with Gasteiger partial charge in [0.2, 0.25) is 0 Å². The Morgan fingerprint density at radius 3 is 3.04 bits per heavy atom. The van der Waals surface area contributed by atoms with E-state index >= 15 is 0 Å². The number of fused-ring (bicyclic) bond motifs is 3. The number of aliphatic carboxylic acids is 1. The summed E-state index contributed by atoms with van der Waals surface area (Å²) in [4.78, 5) is 24.3. The predicted molar refractivity (Wildman–Crippen MR) is 84.0 cm³/mol. The molecule has 3 rings (SSSR count). The summed E-state index contributed by atoms with van der Waals surface area (Å²) in [6.45, 7) is 6.71. The smallest absolute Gasteiger partial charge is 0.317 e. The fourth-order valence-corrected chi connectivity index (χ4v) is 3.45. The average Bonchev–Trinajstić information content (AvgIpc) is 2.77. The summed E-state index contributed by atoms with van der Waals surface area (Å²) in [6, 6.07) is 2.17. The van der Waals surface area contributed by atoms with Crippen LogP contribution in [0.1, 0.15) is 18.4 Å². The van der Waals surface area contributed by atoms with Crippen LogP contribution in [0.2, 0.25) is 0 Å². The molecular weight excluding hydrogens is 296 g/mol. The highest BCUT2D eigenvalue weighted by Crippen LogP contribution is 2.21. The quantitative estimate of drug-likeness (QED) is 0.833. The van der Waals surface area contributed by atoms with E-state index in [1.165, 1.54) is 0 Å². The number of carboxylic acid groups (broad SMARTS) is 1. The van der Waals surface area contributed by atoms with Crippen LogP contribution in [0.15, 0.2) is 12.3 Å². The third-order valence-electron chi connectivity index (χ3n) is 4.46. The lowest BCUT2D eigenvalue weighted by molar-refractivity contribution is -0.138. The van der Waals surface area contributed by atoms with Gasteiger partial charge >= 0.3 is 5.97 Å². The summed E-state index contributed by atoms with van der Waals surface area (Å²) >= 11 is 0. The van der Waals surface area contributed by atoms with Crippen molar-refractivity contribution in [1.82, 2.24) is 19.8 Å². The Morgan fingerprint density at radius 2 is 2.26 bits per heavy atom. The zero-order valence-electron chi connectivity index (χ0n) is 13.5. The summed E-state index contributed by atoms with van der Waals surface area (Å²) in [5.74, 6) is 0.444. The van der Waals surface area contributed by atoms with Gasteiger partial charge in [0.15, 0.2) is 0 Å². The number of aromatic nitrogens is 2. The molecule has 2 atom stereocenters. The third-order valence-corrected chi connectivity index (χ3v) is 4.46. The fourth-order valence-electron chi connectivity index (χ4n) is 3.45. The van der Waals surface area contributed by atoms with E-state index in [0.29, 0.717) is 19.1 Å². The Hall–Kier alpha value is -1.57. The van der Waals surface area contributed by atoms with Gasteiger partial charge < -0.3 is 9.84 Å². The predicted octanol–water partition coefficient (Wildman–Crippen LogP) is 0.256. The number of rotatable bonds is 5. The molecule has 2 bridgehead atoms. The summed E-state index contributed by atoms with van der Waals surface area (Å²) in [5.41, 5.74) is 1.02. The molecule has 0 radical (unpaired) electrons. The van der Waals surface area contributed by atoms with Crippen LogP contribution in [0, 0.1) is 5.92 Å². The van der Waals surface area contributed by atoms with Crippen molar-refractivity contribution in [1.29, 1.82) is 0 Å². The first kappa shape index (κ1) is 16.3. The van der Waals surface area contributed by atoms with Gasteiger partial charge in [-0.05, 0) is 6.07 Å². The van der Waals surface area contributed by atoms with Crippen molar-refractivity contribution in [3.05, 3.63) is 23.8 Å². The third kappa shape index (κ3) is 4.25. The molecule has 1 aromatic heterocycles. The van der Waals surface area contributed by atoms with Crippen LogP contribution in [-0.4, -0.2) is 76.3 Å². The van der Waals surface area contributed by atoms with Crippen LogP contribution in [0.25, 0.3) is 0 Å². The Bertz CT molecular complexity index is 554. The van der Waals surface area contributed by atoms with Crippen molar-refractivity contribution in [2.45, 2.75) is 25.9 Å². The first-order valence-electron chi connectivity index (χ1n) is 8.20. The van der Waals surface area contributed by atoms with E-state index in [1.807, 2.05) is 17.2 Å². The van der Waals surface area contributed by atoms with E-state index in [9.17, 15) is 4.79 Å². The highest BCUT2D eigenvalue weighted by Gasteiger charge is 2.34. The van der Waals surface area contributed by atoms with Gasteiger partial charge in [0.25, 0.3) is 0 Å². The van der Waals surface area contributed by atoms with Crippen molar-refractivity contribution >= 4 is 5.97 Å². The molecule has 0 saturated carbocycles. The van der Waals surface area contributed by atoms with Gasteiger partial charge in [-0.25, -0.2) is 9.97 Å². The summed E-state index contributed by atoms with van der Waals surface area (Å²) in [6.07, 6.45) is 2.65. The minimum atomic E-state index is -0.763. The second-order valence-corrected chi connectivity index (χ2v) is 6.39. The van der Waals surface area contributed by atoms with Gasteiger partial charge in [-0.15, -0.1) is 0 Å². The summed E-state index contributed by atoms with van der Waals surface area (Å²) < 4.78 is 5.78. The largest absolute Gasteiger partial charge is 0.480 e. The van der Waals surface area contributed by atoms with E-state index in [0.717, 1.165) is 44.1 Å². The molecule has 2 saturated heterocycles. The fraction of sp³-hybridized carbons (Fsp3) is 0.688. The van der Waals surface area contributed by atoms with Crippen LogP contribution in [0.4, 0.5) is 0 Å². The molecule has 2 aliphatic heterocycles. The van der Waals surface area contributed by atoms with Gasteiger partial charge in [-0.1, -0.05) is 6.92 Å². The van der Waals surface area contributed by atoms with Crippen molar-refractivity contribution in [2.75, 3.05) is 39.4 Å². The molecule has 0 amide bonds. The molecule has 2 aliphatic rings. The number of hydrogen-bond acceptors (Lipinski definition) is 6. The number of hydrogen-bond donors (Lipinski definition) is 1. The lowest BCUT2D eigenvalue weighted by Gasteiger charge is -2.30. The maximum absolute atomic E-state index is 11.0. The number of aryl methyl sites for hydroxylation is 1. The van der Waals surface area contributed by atoms with Crippen LogP contribution in [0.3, 0.4) is 0 Å². The van der Waals surface area contributed by atoms with Crippen LogP contribution in [-0.2, 0) is 22.5 Å². The second kappa shape index (κ2) is 7.33. The zero-order chi connectivity index (χ0) is 16.2. The molecular formula is C16H24N4O3. The Labute approximate surface area is 136 Å². The van der Waals surface area contributed by atoms with E-state index < -0.39 is 5.97 Å². The molecule has 0 spiro atoms. The molecule has 1 N–H and O–H groups in total. The first-order valence-corrected chi connectivity index (χ1v) is 8.20. The molecule has 1 aromatic rings. The van der Waals surface area contributed by atoms with Gasteiger partial charge in [0.05, 0.1) is 25.5 Å². The molecule has 2 fully saturated rings. The Morgan fingerprint density at radius 1 is 1.39 bits per heavy atom. The van der Waals surface area contributed by atoms with Gasteiger partial charge in [-0.2, -0.15) is 0 Å². The maximum Gasteiger partial charge on any atom is 0.317 e.